The number of nitrogens with zero attached hydrogens (tertiary/aromatic N) is 1. The summed E-state index contributed by atoms with van der Waals surface area (Å²) in [7, 11) is 0. The number of hydrogen-bond donors (Lipinski definition) is 2. The van der Waals surface area contributed by atoms with Crippen molar-refractivity contribution in [1.29, 1.82) is 0 Å². The third-order valence-electron chi connectivity index (χ3n) is 5.90. The highest BCUT2D eigenvalue weighted by Crippen LogP contribution is 2.37. The monoisotopic (exact) mass is 491 g/mol. The van der Waals surface area contributed by atoms with Crippen LogP contribution in [0, 0.1) is 0 Å². The molecule has 0 bridgehead atoms. The van der Waals surface area contributed by atoms with Gasteiger partial charge in [0.1, 0.15) is 5.69 Å². The van der Waals surface area contributed by atoms with E-state index in [1.54, 1.807) is 53.1 Å². The second kappa shape index (κ2) is 8.81. The van der Waals surface area contributed by atoms with Crippen LogP contribution in [0.15, 0.2) is 65.5 Å². The van der Waals surface area contributed by atoms with Crippen LogP contribution in [0.2, 0.25) is 5.02 Å². The van der Waals surface area contributed by atoms with E-state index < -0.39 is 17.4 Å². The van der Waals surface area contributed by atoms with Crippen molar-refractivity contribution >= 4 is 34.4 Å². The van der Waals surface area contributed by atoms with Gasteiger partial charge in [0.05, 0.1) is 17.6 Å². The fraction of sp³-hybridized carbons (Fsp3) is 0.115. The molecule has 0 radical (unpaired) electrons. The Morgan fingerprint density at radius 1 is 0.943 bits per heavy atom. The van der Waals surface area contributed by atoms with Crippen LogP contribution in [0.5, 0.6) is 11.5 Å². The molecule has 3 aromatic carbocycles. The minimum Gasteiger partial charge on any atom is -0.478 e. The number of carboxylic acids is 2. The Bertz CT molecular complexity index is 1570. The highest BCUT2D eigenvalue weighted by molar-refractivity contribution is 6.31. The molecule has 8 nitrogen and oxygen atoms in total. The van der Waals surface area contributed by atoms with Crippen LogP contribution < -0.4 is 14.9 Å². The first-order valence-corrected chi connectivity index (χ1v) is 11.0. The van der Waals surface area contributed by atoms with Crippen LogP contribution in [-0.2, 0) is 13.0 Å². The number of carbonyl (C=O) groups is 2. The third kappa shape index (κ3) is 4.08. The van der Waals surface area contributed by atoms with Crippen LogP contribution in [0.3, 0.4) is 0 Å². The molecule has 0 spiro atoms. The van der Waals surface area contributed by atoms with E-state index in [9.17, 15) is 24.6 Å². The number of carboxylic acid groups (broad SMARTS) is 2. The van der Waals surface area contributed by atoms with Gasteiger partial charge in [0, 0.05) is 28.5 Å². The number of halogens is 1. The molecule has 4 aromatic rings. The first-order valence-electron chi connectivity index (χ1n) is 10.6. The number of para-hydroxylation sites is 1. The number of hydrogen-bond acceptors (Lipinski definition) is 5. The fourth-order valence-electron chi connectivity index (χ4n) is 4.30. The van der Waals surface area contributed by atoms with Crippen LogP contribution in [0.4, 0.5) is 0 Å². The summed E-state index contributed by atoms with van der Waals surface area (Å²) in [5, 5.41) is 20.3. The maximum absolute atomic E-state index is 13.4. The van der Waals surface area contributed by atoms with Gasteiger partial charge in [-0.1, -0.05) is 35.9 Å². The van der Waals surface area contributed by atoms with Gasteiger partial charge in [0.25, 0.3) is 0 Å². The molecule has 0 aliphatic carbocycles. The number of benzene rings is 3. The molecule has 0 amide bonds. The molecule has 0 saturated carbocycles. The van der Waals surface area contributed by atoms with Crippen molar-refractivity contribution in [2.45, 2.75) is 13.0 Å². The summed E-state index contributed by atoms with van der Waals surface area (Å²) in [5.74, 6) is -1.40. The molecule has 2 N–H and O–H groups in total. The molecule has 0 saturated heterocycles. The number of fused-ring (bicyclic) bond motifs is 2. The van der Waals surface area contributed by atoms with Crippen molar-refractivity contribution in [2.75, 3.05) is 6.79 Å². The molecule has 1 aromatic heterocycles. The Balaban J connectivity index is 1.72. The van der Waals surface area contributed by atoms with E-state index in [1.807, 2.05) is 0 Å². The fourth-order valence-corrected chi connectivity index (χ4v) is 4.51. The Morgan fingerprint density at radius 2 is 1.69 bits per heavy atom. The van der Waals surface area contributed by atoms with Gasteiger partial charge in [-0.05, 0) is 41.5 Å². The lowest BCUT2D eigenvalue weighted by molar-refractivity contribution is 0.0677. The molecule has 0 fully saturated rings. The number of ether oxygens (including phenoxy) is 2. The summed E-state index contributed by atoms with van der Waals surface area (Å²) in [6, 6.07) is 16.1. The minimum atomic E-state index is -1.28. The van der Waals surface area contributed by atoms with Gasteiger partial charge in [-0.15, -0.1) is 0 Å². The molecule has 0 atom stereocenters. The predicted molar refractivity (Wildman–Crippen MR) is 128 cm³/mol. The van der Waals surface area contributed by atoms with Crippen molar-refractivity contribution < 1.29 is 29.3 Å². The summed E-state index contributed by atoms with van der Waals surface area (Å²) >= 11 is 6.48. The quantitative estimate of drug-likeness (QED) is 0.410. The lowest BCUT2D eigenvalue weighted by Crippen LogP contribution is -2.25. The molecular weight excluding hydrogens is 474 g/mol. The van der Waals surface area contributed by atoms with Crippen molar-refractivity contribution in [2.24, 2.45) is 0 Å². The number of aromatic nitrogens is 1. The SMILES string of the molecule is O=C(O)c1cccc(Cc2c(C(=O)O)n(Cc3cc4c(cc3Cl)OCO4)c3ccccc3c2=O)c1. The molecule has 35 heavy (non-hydrogen) atoms. The van der Waals surface area contributed by atoms with Gasteiger partial charge in [-0.3, -0.25) is 4.79 Å². The Kier molecular flexibility index (Phi) is 5.66. The topological polar surface area (TPSA) is 115 Å². The van der Waals surface area contributed by atoms with Gasteiger partial charge in [0.2, 0.25) is 6.79 Å². The van der Waals surface area contributed by atoms with Crippen molar-refractivity contribution in [3.8, 4) is 11.5 Å². The van der Waals surface area contributed by atoms with Crippen LogP contribution in [-0.4, -0.2) is 33.5 Å². The predicted octanol–water partition coefficient (Wildman–Crippen LogP) is 4.42. The van der Waals surface area contributed by atoms with Crippen molar-refractivity contribution in [3.05, 3.63) is 104 Å². The zero-order chi connectivity index (χ0) is 24.7. The normalized spacial score (nSPS) is 12.1. The average molecular weight is 492 g/mol. The summed E-state index contributed by atoms with van der Waals surface area (Å²) in [4.78, 5) is 37.4. The van der Waals surface area contributed by atoms with E-state index in [4.69, 9.17) is 21.1 Å². The summed E-state index contributed by atoms with van der Waals surface area (Å²) in [6.07, 6.45) is -0.0543. The maximum atomic E-state index is 13.4. The van der Waals surface area contributed by atoms with Crippen LogP contribution in [0.1, 0.15) is 37.5 Å². The van der Waals surface area contributed by atoms with Gasteiger partial charge >= 0.3 is 11.9 Å². The van der Waals surface area contributed by atoms with Crippen molar-refractivity contribution in [3.63, 3.8) is 0 Å². The van der Waals surface area contributed by atoms with E-state index in [2.05, 4.69) is 0 Å². The Hall–Kier alpha value is -4.30. The molecule has 2 heterocycles. The molecule has 1 aliphatic heterocycles. The lowest BCUT2D eigenvalue weighted by Gasteiger charge is -2.19. The average Bonchev–Trinajstić information content (AvgIpc) is 3.29. The molecule has 0 unspecified atom stereocenters. The summed E-state index contributed by atoms with van der Waals surface area (Å²) in [5.41, 5.74) is 1.02. The zero-order valence-corrected chi connectivity index (χ0v) is 18.9. The highest BCUT2D eigenvalue weighted by Gasteiger charge is 2.24. The smallest absolute Gasteiger partial charge is 0.352 e. The second-order valence-electron chi connectivity index (χ2n) is 8.04. The first kappa shape index (κ1) is 22.5. The van der Waals surface area contributed by atoms with Crippen LogP contribution >= 0.6 is 11.6 Å². The lowest BCUT2D eigenvalue weighted by atomic mass is 9.98. The highest BCUT2D eigenvalue weighted by atomic mass is 35.5. The second-order valence-corrected chi connectivity index (χ2v) is 8.45. The number of aromatic carboxylic acids is 2. The Morgan fingerprint density at radius 3 is 2.43 bits per heavy atom. The van der Waals surface area contributed by atoms with E-state index in [1.165, 1.54) is 12.1 Å². The molecular formula is C26H18ClNO7. The minimum absolute atomic E-state index is 0.0487. The standard InChI is InChI=1S/C26H18ClNO7/c27-19-11-22-21(34-13-35-22)10-16(19)12-28-20-7-2-1-6-17(20)24(29)18(23(28)26(32)33)9-14-4-3-5-15(8-14)25(30)31/h1-8,10-11H,9,12-13H2,(H,30,31)(H,32,33). The molecule has 9 heteroatoms. The molecule has 1 aliphatic rings. The first-order chi connectivity index (χ1) is 16.8. The van der Waals surface area contributed by atoms with Gasteiger partial charge < -0.3 is 24.3 Å². The van der Waals surface area contributed by atoms with Gasteiger partial charge in [0.15, 0.2) is 16.9 Å². The van der Waals surface area contributed by atoms with Crippen LogP contribution in [0.25, 0.3) is 10.9 Å². The largest absolute Gasteiger partial charge is 0.478 e. The van der Waals surface area contributed by atoms with E-state index in [0.29, 0.717) is 38.6 Å². The van der Waals surface area contributed by atoms with Crippen molar-refractivity contribution in [1.82, 2.24) is 4.57 Å². The van der Waals surface area contributed by atoms with E-state index >= 15 is 0 Å². The maximum Gasteiger partial charge on any atom is 0.352 e. The van der Waals surface area contributed by atoms with Gasteiger partial charge in [-0.25, -0.2) is 9.59 Å². The summed E-state index contributed by atoms with van der Waals surface area (Å²) < 4.78 is 12.3. The Labute approximate surface area is 203 Å². The summed E-state index contributed by atoms with van der Waals surface area (Å²) in [6.45, 7) is 0.121. The zero-order valence-electron chi connectivity index (χ0n) is 18.2. The van der Waals surface area contributed by atoms with E-state index in [-0.39, 0.29) is 36.6 Å². The third-order valence-corrected chi connectivity index (χ3v) is 6.25. The van der Waals surface area contributed by atoms with E-state index in [0.717, 1.165) is 0 Å². The van der Waals surface area contributed by atoms with Gasteiger partial charge in [-0.2, -0.15) is 0 Å². The molecule has 5 rings (SSSR count). The molecule has 176 valence electrons. The number of rotatable bonds is 6. The number of pyridine rings is 1.